The Kier molecular flexibility index (Phi) is 16.0. The summed E-state index contributed by atoms with van der Waals surface area (Å²) in [5.41, 5.74) is 0. The maximum Gasteiger partial charge on any atom is -0.0348 e. The van der Waals surface area contributed by atoms with E-state index in [9.17, 15) is 0 Å². The molecule has 0 heterocycles. The molecule has 0 fully saturated rings. The fraction of sp³-hybridized carbons (Fsp3) is 0.579. The second-order valence-electron chi connectivity index (χ2n) is 4.98. The van der Waals surface area contributed by atoms with E-state index in [-0.39, 0.29) is 0 Å². The molecule has 108 valence electrons. The van der Waals surface area contributed by atoms with E-state index in [0.717, 1.165) is 6.42 Å². The predicted molar refractivity (Wildman–Crippen MR) is 89.5 cm³/mol. The van der Waals surface area contributed by atoms with Gasteiger partial charge in [-0.25, -0.2) is 0 Å². The molecule has 0 aromatic heterocycles. The molecular formula is C19H32. The third-order valence-corrected chi connectivity index (χ3v) is 3.13. The highest BCUT2D eigenvalue weighted by Crippen LogP contribution is 2.10. The van der Waals surface area contributed by atoms with Crippen LogP contribution in [0.4, 0.5) is 0 Å². The van der Waals surface area contributed by atoms with Gasteiger partial charge >= 0.3 is 0 Å². The van der Waals surface area contributed by atoms with Crippen molar-refractivity contribution in [3.8, 4) is 0 Å². The van der Waals surface area contributed by atoms with Gasteiger partial charge < -0.3 is 0 Å². The van der Waals surface area contributed by atoms with E-state index in [0.29, 0.717) is 0 Å². The number of hydrogen-bond donors (Lipinski definition) is 0. The average molecular weight is 260 g/mol. The third-order valence-electron chi connectivity index (χ3n) is 3.13. The summed E-state index contributed by atoms with van der Waals surface area (Å²) in [5, 5.41) is 0. The van der Waals surface area contributed by atoms with Crippen molar-refractivity contribution < 1.29 is 0 Å². The summed E-state index contributed by atoms with van der Waals surface area (Å²) in [5.74, 6) is 0. The van der Waals surface area contributed by atoms with Crippen LogP contribution in [0.1, 0.15) is 71.1 Å². The molecule has 0 amide bonds. The van der Waals surface area contributed by atoms with E-state index >= 15 is 0 Å². The molecule has 0 aliphatic heterocycles. The van der Waals surface area contributed by atoms with E-state index in [2.05, 4.69) is 43.9 Å². The minimum Gasteiger partial charge on any atom is -0.0991 e. The van der Waals surface area contributed by atoms with Gasteiger partial charge in [0.25, 0.3) is 0 Å². The lowest BCUT2D eigenvalue weighted by Crippen LogP contribution is -1.80. The Morgan fingerprint density at radius 3 is 1.63 bits per heavy atom. The smallest absolute Gasteiger partial charge is 0.0348 e. The summed E-state index contributed by atoms with van der Waals surface area (Å²) < 4.78 is 0. The lowest BCUT2D eigenvalue weighted by molar-refractivity contribution is 0.583. The van der Waals surface area contributed by atoms with E-state index < -0.39 is 0 Å². The molecule has 0 radical (unpaired) electrons. The molecule has 0 unspecified atom stereocenters. The van der Waals surface area contributed by atoms with Crippen LogP contribution in [0.25, 0.3) is 0 Å². The summed E-state index contributed by atoms with van der Waals surface area (Å²) in [6, 6.07) is 0. The van der Waals surface area contributed by atoms with Crippen molar-refractivity contribution in [2.45, 2.75) is 71.1 Å². The van der Waals surface area contributed by atoms with Crippen LogP contribution in [0.3, 0.4) is 0 Å². The van der Waals surface area contributed by atoms with Crippen LogP contribution in [0.2, 0.25) is 0 Å². The maximum atomic E-state index is 3.67. The van der Waals surface area contributed by atoms with Crippen LogP contribution in [-0.4, -0.2) is 0 Å². The molecule has 0 aromatic rings. The first-order valence-corrected chi connectivity index (χ1v) is 8.01. The topological polar surface area (TPSA) is 0 Å². The van der Waals surface area contributed by atoms with Crippen molar-refractivity contribution in [1.82, 2.24) is 0 Å². The third kappa shape index (κ3) is 17.0. The first kappa shape index (κ1) is 18.0. The van der Waals surface area contributed by atoms with E-state index in [4.69, 9.17) is 0 Å². The Labute approximate surface area is 121 Å². The molecule has 0 spiro atoms. The van der Waals surface area contributed by atoms with E-state index in [1.807, 2.05) is 12.2 Å². The molecule has 19 heavy (non-hydrogen) atoms. The Balaban J connectivity index is 3.10. The minimum atomic E-state index is 1.13. The molecular weight excluding hydrogens is 228 g/mol. The van der Waals surface area contributed by atoms with Crippen LogP contribution >= 0.6 is 0 Å². The quantitative estimate of drug-likeness (QED) is 0.253. The van der Waals surface area contributed by atoms with Gasteiger partial charge in [0.05, 0.1) is 0 Å². The Morgan fingerprint density at radius 2 is 1.11 bits per heavy atom. The van der Waals surface area contributed by atoms with E-state index in [1.54, 1.807) is 0 Å². The lowest BCUT2D eigenvalue weighted by atomic mass is 10.1. The molecule has 0 aliphatic carbocycles. The highest BCUT2D eigenvalue weighted by Gasteiger charge is 1.90. The number of hydrogen-bond acceptors (Lipinski definition) is 0. The SMILES string of the molecule is C=CC=CCCCCCCCCCC=CC=CCC. The average Bonchev–Trinajstić information content (AvgIpc) is 2.43. The van der Waals surface area contributed by atoms with Gasteiger partial charge in [-0.2, -0.15) is 0 Å². The Bertz CT molecular complexity index is 255. The molecule has 0 saturated heterocycles. The maximum absolute atomic E-state index is 3.67. The van der Waals surface area contributed by atoms with Crippen molar-refractivity contribution >= 4 is 0 Å². The van der Waals surface area contributed by atoms with Crippen molar-refractivity contribution in [3.63, 3.8) is 0 Å². The van der Waals surface area contributed by atoms with Gasteiger partial charge in [-0.1, -0.05) is 88.1 Å². The Morgan fingerprint density at radius 1 is 0.632 bits per heavy atom. The van der Waals surface area contributed by atoms with Crippen molar-refractivity contribution in [1.29, 1.82) is 0 Å². The van der Waals surface area contributed by atoms with Crippen molar-refractivity contribution in [2.24, 2.45) is 0 Å². The summed E-state index contributed by atoms with van der Waals surface area (Å²) in [4.78, 5) is 0. The first-order valence-electron chi connectivity index (χ1n) is 8.01. The van der Waals surface area contributed by atoms with Gasteiger partial charge in [-0.3, -0.25) is 0 Å². The molecule has 0 atom stereocenters. The molecule has 0 rings (SSSR count). The highest BCUT2D eigenvalue weighted by molar-refractivity contribution is 5.01. The van der Waals surface area contributed by atoms with Crippen molar-refractivity contribution in [3.05, 3.63) is 49.1 Å². The first-order chi connectivity index (χ1) is 9.41. The van der Waals surface area contributed by atoms with Gasteiger partial charge in [-0.15, -0.1) is 0 Å². The highest BCUT2D eigenvalue weighted by atomic mass is 14.0. The van der Waals surface area contributed by atoms with Crippen LogP contribution in [0, 0.1) is 0 Å². The fourth-order valence-electron chi connectivity index (χ4n) is 1.99. The number of allylic oxidation sites excluding steroid dienone is 7. The Hall–Kier alpha value is -1.04. The van der Waals surface area contributed by atoms with Gasteiger partial charge in [-0.05, 0) is 32.1 Å². The molecule has 0 nitrogen and oxygen atoms in total. The zero-order valence-electron chi connectivity index (χ0n) is 12.8. The number of rotatable bonds is 13. The molecule has 0 heteroatoms. The molecule has 0 saturated carbocycles. The van der Waals surface area contributed by atoms with Gasteiger partial charge in [0.2, 0.25) is 0 Å². The molecule has 0 aromatic carbocycles. The minimum absolute atomic E-state index is 1.13. The van der Waals surface area contributed by atoms with Gasteiger partial charge in [0, 0.05) is 0 Å². The zero-order chi connectivity index (χ0) is 14.0. The predicted octanol–water partition coefficient (Wildman–Crippen LogP) is 6.76. The van der Waals surface area contributed by atoms with Crippen LogP contribution in [0.15, 0.2) is 49.1 Å². The van der Waals surface area contributed by atoms with Gasteiger partial charge in [0.15, 0.2) is 0 Å². The second kappa shape index (κ2) is 17.0. The second-order valence-corrected chi connectivity index (χ2v) is 4.98. The summed E-state index contributed by atoms with van der Waals surface area (Å²) in [6.45, 7) is 5.84. The largest absolute Gasteiger partial charge is 0.0991 e. The normalized spacial score (nSPS) is 12.1. The standard InChI is InChI=1S/C19H32/c1-3-5-7-9-11-13-15-17-19-18-16-14-12-10-8-6-4-2/h3,5-8,10,12H,1,4,9,11,13-19H2,2H3. The van der Waals surface area contributed by atoms with Crippen LogP contribution in [0.5, 0.6) is 0 Å². The van der Waals surface area contributed by atoms with Crippen LogP contribution < -0.4 is 0 Å². The summed E-state index contributed by atoms with van der Waals surface area (Å²) in [7, 11) is 0. The zero-order valence-corrected chi connectivity index (χ0v) is 12.8. The summed E-state index contributed by atoms with van der Waals surface area (Å²) >= 11 is 0. The van der Waals surface area contributed by atoms with Crippen molar-refractivity contribution in [2.75, 3.05) is 0 Å². The molecule has 0 aliphatic rings. The number of unbranched alkanes of at least 4 members (excludes halogenated alkanes) is 8. The van der Waals surface area contributed by atoms with E-state index in [1.165, 1.54) is 57.8 Å². The molecule has 0 bridgehead atoms. The fourth-order valence-corrected chi connectivity index (χ4v) is 1.99. The van der Waals surface area contributed by atoms with Gasteiger partial charge in [0.1, 0.15) is 0 Å². The summed E-state index contributed by atoms with van der Waals surface area (Å²) in [6.07, 6.45) is 28.2. The molecule has 0 N–H and O–H groups in total. The monoisotopic (exact) mass is 260 g/mol. The van der Waals surface area contributed by atoms with Crippen LogP contribution in [-0.2, 0) is 0 Å². The lowest BCUT2D eigenvalue weighted by Gasteiger charge is -1.99.